The molecule has 1 atom stereocenters. The van der Waals surface area contributed by atoms with Crippen molar-refractivity contribution in [1.82, 2.24) is 0 Å². The van der Waals surface area contributed by atoms with Gasteiger partial charge >= 0.3 is 0 Å². The van der Waals surface area contributed by atoms with Crippen LogP contribution in [-0.4, -0.2) is 11.5 Å². The summed E-state index contributed by atoms with van der Waals surface area (Å²) in [6, 6.07) is 2.46. The molecule has 0 saturated carbocycles. The average molecular weight is 241 g/mol. The number of thiophene rings is 1. The Labute approximate surface area is 100 Å². The molecule has 0 radical (unpaired) electrons. The van der Waals surface area contributed by atoms with Crippen LogP contribution in [0, 0.1) is 12.8 Å². The highest BCUT2D eigenvalue weighted by molar-refractivity contribution is 7.99. The summed E-state index contributed by atoms with van der Waals surface area (Å²) in [6.07, 6.45) is 3.90. The Balaban J connectivity index is 1.91. The summed E-state index contributed by atoms with van der Waals surface area (Å²) in [6.45, 7) is 2.18. The van der Waals surface area contributed by atoms with Gasteiger partial charge in [0, 0.05) is 10.9 Å². The van der Waals surface area contributed by atoms with Gasteiger partial charge in [-0.15, -0.1) is 11.3 Å². The van der Waals surface area contributed by atoms with Gasteiger partial charge in [-0.25, -0.2) is 0 Å². The third-order valence-corrected chi connectivity index (χ3v) is 5.14. The van der Waals surface area contributed by atoms with Gasteiger partial charge in [0.1, 0.15) is 0 Å². The number of thioether (sulfide) groups is 1. The molecule has 0 aliphatic carbocycles. The minimum absolute atomic E-state index is 0.268. The third-order valence-electron chi connectivity index (χ3n) is 3.23. The van der Waals surface area contributed by atoms with Gasteiger partial charge in [-0.3, -0.25) is 0 Å². The molecule has 2 N–H and O–H groups in total. The molecule has 2 heterocycles. The fourth-order valence-electron chi connectivity index (χ4n) is 2.25. The molecule has 1 unspecified atom stereocenters. The summed E-state index contributed by atoms with van der Waals surface area (Å²) in [4.78, 5) is 1.40. The van der Waals surface area contributed by atoms with Gasteiger partial charge in [0.25, 0.3) is 0 Å². The van der Waals surface area contributed by atoms with Gasteiger partial charge in [0.15, 0.2) is 0 Å². The van der Waals surface area contributed by atoms with E-state index in [0.29, 0.717) is 0 Å². The number of aryl methyl sites for hydroxylation is 1. The average Bonchev–Trinajstić information content (AvgIpc) is 2.66. The monoisotopic (exact) mass is 241 g/mol. The Hall–Kier alpha value is 0.01000. The first-order valence-electron chi connectivity index (χ1n) is 5.64. The van der Waals surface area contributed by atoms with Crippen molar-refractivity contribution >= 4 is 23.1 Å². The predicted molar refractivity (Wildman–Crippen MR) is 70.7 cm³/mol. The summed E-state index contributed by atoms with van der Waals surface area (Å²) in [5.41, 5.74) is 7.64. The van der Waals surface area contributed by atoms with Gasteiger partial charge in [-0.1, -0.05) is 0 Å². The Morgan fingerprint density at radius 2 is 2.20 bits per heavy atom. The predicted octanol–water partition coefficient (Wildman–Crippen LogP) is 3.59. The van der Waals surface area contributed by atoms with Crippen LogP contribution in [0.4, 0.5) is 0 Å². The smallest absolute Gasteiger partial charge is 0.0308 e. The van der Waals surface area contributed by atoms with Crippen LogP contribution in [0.2, 0.25) is 0 Å². The fourth-order valence-corrected chi connectivity index (χ4v) is 4.23. The number of hydrogen-bond donors (Lipinski definition) is 1. The second kappa shape index (κ2) is 5.37. The Kier molecular flexibility index (Phi) is 4.12. The first-order chi connectivity index (χ1) is 7.27. The molecule has 1 aliphatic rings. The van der Waals surface area contributed by atoms with Crippen LogP contribution in [0.1, 0.15) is 35.7 Å². The van der Waals surface area contributed by atoms with Gasteiger partial charge in [0.2, 0.25) is 0 Å². The van der Waals surface area contributed by atoms with Crippen molar-refractivity contribution in [3.05, 3.63) is 21.9 Å². The topological polar surface area (TPSA) is 26.0 Å². The van der Waals surface area contributed by atoms with Crippen LogP contribution >= 0.6 is 23.1 Å². The molecule has 1 aromatic rings. The normalized spacial score (nSPS) is 20.4. The van der Waals surface area contributed by atoms with E-state index >= 15 is 0 Å². The van der Waals surface area contributed by atoms with E-state index in [0.717, 1.165) is 5.92 Å². The van der Waals surface area contributed by atoms with Crippen molar-refractivity contribution in [2.24, 2.45) is 11.7 Å². The van der Waals surface area contributed by atoms with E-state index in [1.54, 1.807) is 0 Å². The summed E-state index contributed by atoms with van der Waals surface area (Å²) in [7, 11) is 0. The summed E-state index contributed by atoms with van der Waals surface area (Å²) >= 11 is 3.90. The van der Waals surface area contributed by atoms with Crippen LogP contribution in [-0.2, 0) is 0 Å². The zero-order chi connectivity index (χ0) is 10.7. The molecule has 15 heavy (non-hydrogen) atoms. The van der Waals surface area contributed by atoms with Crippen LogP contribution in [0.5, 0.6) is 0 Å². The van der Waals surface area contributed by atoms with Gasteiger partial charge in [-0.2, -0.15) is 11.8 Å². The SMILES string of the molecule is Cc1sccc1C(N)CC1CCSCC1. The maximum absolute atomic E-state index is 6.27. The lowest BCUT2D eigenvalue weighted by Gasteiger charge is -2.24. The molecule has 3 heteroatoms. The van der Waals surface area contributed by atoms with E-state index in [4.69, 9.17) is 5.73 Å². The van der Waals surface area contributed by atoms with Crippen LogP contribution in [0.25, 0.3) is 0 Å². The molecule has 0 amide bonds. The molecule has 1 fully saturated rings. The molecule has 1 saturated heterocycles. The zero-order valence-electron chi connectivity index (χ0n) is 9.24. The summed E-state index contributed by atoms with van der Waals surface area (Å²) < 4.78 is 0. The van der Waals surface area contributed by atoms with Crippen LogP contribution < -0.4 is 5.73 Å². The maximum Gasteiger partial charge on any atom is 0.0308 e. The number of rotatable bonds is 3. The van der Waals surface area contributed by atoms with E-state index in [9.17, 15) is 0 Å². The first-order valence-corrected chi connectivity index (χ1v) is 7.68. The molecular weight excluding hydrogens is 222 g/mol. The molecular formula is C12H19NS2. The molecule has 84 valence electrons. The van der Waals surface area contributed by atoms with Crippen molar-refractivity contribution < 1.29 is 0 Å². The Morgan fingerprint density at radius 3 is 2.80 bits per heavy atom. The second-order valence-corrected chi connectivity index (χ2v) is 6.68. The highest BCUT2D eigenvalue weighted by Gasteiger charge is 2.19. The number of nitrogens with two attached hydrogens (primary N) is 1. The summed E-state index contributed by atoms with van der Waals surface area (Å²) in [5, 5.41) is 2.15. The lowest BCUT2D eigenvalue weighted by Crippen LogP contribution is -2.18. The lowest BCUT2D eigenvalue weighted by atomic mass is 9.91. The van der Waals surface area contributed by atoms with Crippen molar-refractivity contribution in [1.29, 1.82) is 0 Å². The van der Waals surface area contributed by atoms with Crippen molar-refractivity contribution in [2.45, 2.75) is 32.2 Å². The Bertz CT molecular complexity index is 302. The minimum Gasteiger partial charge on any atom is -0.324 e. The van der Waals surface area contributed by atoms with E-state index in [1.165, 1.54) is 41.2 Å². The van der Waals surface area contributed by atoms with Crippen LogP contribution in [0.15, 0.2) is 11.4 Å². The molecule has 1 aromatic heterocycles. The highest BCUT2D eigenvalue weighted by Crippen LogP contribution is 2.31. The van der Waals surface area contributed by atoms with Crippen LogP contribution in [0.3, 0.4) is 0 Å². The highest BCUT2D eigenvalue weighted by atomic mass is 32.2. The van der Waals surface area contributed by atoms with Crippen molar-refractivity contribution in [3.63, 3.8) is 0 Å². The molecule has 0 aromatic carbocycles. The third kappa shape index (κ3) is 2.99. The molecule has 0 bridgehead atoms. The van der Waals surface area contributed by atoms with E-state index in [2.05, 4.69) is 30.1 Å². The maximum atomic E-state index is 6.27. The van der Waals surface area contributed by atoms with Gasteiger partial charge < -0.3 is 5.73 Å². The zero-order valence-corrected chi connectivity index (χ0v) is 10.9. The first kappa shape index (κ1) is 11.5. The molecule has 2 rings (SSSR count). The standard InChI is InChI=1S/C12H19NS2/c1-9-11(4-7-15-9)12(13)8-10-2-5-14-6-3-10/h4,7,10,12H,2-3,5-6,8,13H2,1H3. The number of hydrogen-bond acceptors (Lipinski definition) is 3. The minimum atomic E-state index is 0.268. The van der Waals surface area contributed by atoms with E-state index in [-0.39, 0.29) is 6.04 Å². The fraction of sp³-hybridized carbons (Fsp3) is 0.667. The van der Waals surface area contributed by atoms with Gasteiger partial charge in [0.05, 0.1) is 0 Å². The lowest BCUT2D eigenvalue weighted by molar-refractivity contribution is 0.413. The van der Waals surface area contributed by atoms with E-state index < -0.39 is 0 Å². The largest absolute Gasteiger partial charge is 0.324 e. The van der Waals surface area contributed by atoms with Crippen molar-refractivity contribution in [2.75, 3.05) is 11.5 Å². The Morgan fingerprint density at radius 1 is 1.47 bits per heavy atom. The van der Waals surface area contributed by atoms with Gasteiger partial charge in [-0.05, 0) is 60.6 Å². The quantitative estimate of drug-likeness (QED) is 0.875. The molecule has 1 aliphatic heterocycles. The van der Waals surface area contributed by atoms with Crippen molar-refractivity contribution in [3.8, 4) is 0 Å². The summed E-state index contributed by atoms with van der Waals surface area (Å²) in [5.74, 6) is 3.53. The van der Waals surface area contributed by atoms with E-state index in [1.807, 2.05) is 11.3 Å². The molecule has 1 nitrogen and oxygen atoms in total. The molecule has 0 spiro atoms. The second-order valence-electron chi connectivity index (χ2n) is 4.33.